The molecule has 1 N–H and O–H groups in total. The van der Waals surface area contributed by atoms with Crippen LogP contribution >= 0.6 is 0 Å². The SMILES string of the molecule is CC(=O)N(CC(=O)Nc1ccc(F)cc1F)Cc1cccc(C)c1. The van der Waals surface area contributed by atoms with Crippen molar-refractivity contribution in [2.75, 3.05) is 11.9 Å². The summed E-state index contributed by atoms with van der Waals surface area (Å²) in [6.07, 6.45) is 0. The average molecular weight is 332 g/mol. The number of anilines is 1. The number of nitrogens with one attached hydrogen (secondary N) is 1. The summed E-state index contributed by atoms with van der Waals surface area (Å²) in [6.45, 7) is 3.35. The number of aryl methyl sites for hydroxylation is 1. The maximum absolute atomic E-state index is 13.6. The standard InChI is InChI=1S/C18H18F2N2O2/c1-12-4-3-5-14(8-12)10-22(13(2)23)11-18(24)21-17-7-6-15(19)9-16(17)20/h3-9H,10-11H2,1-2H3,(H,21,24). The maximum atomic E-state index is 13.6. The van der Waals surface area contributed by atoms with Gasteiger partial charge in [-0.15, -0.1) is 0 Å². The quantitative estimate of drug-likeness (QED) is 0.914. The highest BCUT2D eigenvalue weighted by molar-refractivity contribution is 5.94. The first kappa shape index (κ1) is 17.6. The molecule has 2 rings (SSSR count). The second kappa shape index (κ2) is 7.68. The van der Waals surface area contributed by atoms with Crippen molar-refractivity contribution < 1.29 is 18.4 Å². The molecule has 126 valence electrons. The number of rotatable bonds is 5. The van der Waals surface area contributed by atoms with Gasteiger partial charge in [0.15, 0.2) is 0 Å². The molecule has 2 aromatic rings. The van der Waals surface area contributed by atoms with E-state index in [0.717, 1.165) is 23.3 Å². The van der Waals surface area contributed by atoms with Crippen LogP contribution in [0.5, 0.6) is 0 Å². The molecule has 6 heteroatoms. The van der Waals surface area contributed by atoms with E-state index in [9.17, 15) is 18.4 Å². The Hall–Kier alpha value is -2.76. The van der Waals surface area contributed by atoms with Crippen LogP contribution in [0.15, 0.2) is 42.5 Å². The molecule has 4 nitrogen and oxygen atoms in total. The molecular weight excluding hydrogens is 314 g/mol. The van der Waals surface area contributed by atoms with Crippen molar-refractivity contribution in [1.29, 1.82) is 0 Å². The Bertz CT molecular complexity index is 762. The number of halogens is 2. The molecule has 0 aliphatic carbocycles. The lowest BCUT2D eigenvalue weighted by molar-refractivity contribution is -0.133. The summed E-state index contributed by atoms with van der Waals surface area (Å²) >= 11 is 0. The molecule has 2 amide bonds. The summed E-state index contributed by atoms with van der Waals surface area (Å²) < 4.78 is 26.4. The van der Waals surface area contributed by atoms with Crippen molar-refractivity contribution in [3.05, 3.63) is 65.2 Å². The minimum Gasteiger partial charge on any atom is -0.329 e. The predicted octanol–water partition coefficient (Wildman–Crippen LogP) is 3.26. The zero-order valence-electron chi connectivity index (χ0n) is 13.5. The maximum Gasteiger partial charge on any atom is 0.244 e. The Morgan fingerprint density at radius 3 is 2.50 bits per heavy atom. The second-order valence-corrected chi connectivity index (χ2v) is 5.54. The van der Waals surface area contributed by atoms with Crippen LogP contribution < -0.4 is 5.32 Å². The molecule has 0 heterocycles. The zero-order valence-corrected chi connectivity index (χ0v) is 13.5. The monoisotopic (exact) mass is 332 g/mol. The fourth-order valence-electron chi connectivity index (χ4n) is 2.26. The predicted molar refractivity (Wildman–Crippen MR) is 87.3 cm³/mol. The van der Waals surface area contributed by atoms with E-state index in [1.807, 2.05) is 31.2 Å². The summed E-state index contributed by atoms with van der Waals surface area (Å²) in [5.41, 5.74) is 1.82. The van der Waals surface area contributed by atoms with Crippen LogP contribution in [-0.4, -0.2) is 23.3 Å². The normalized spacial score (nSPS) is 10.3. The second-order valence-electron chi connectivity index (χ2n) is 5.54. The first-order valence-corrected chi connectivity index (χ1v) is 7.41. The van der Waals surface area contributed by atoms with Crippen LogP contribution in [0.4, 0.5) is 14.5 Å². The molecule has 0 saturated heterocycles. The van der Waals surface area contributed by atoms with Crippen LogP contribution in [0.1, 0.15) is 18.1 Å². The molecule has 0 unspecified atom stereocenters. The molecular formula is C18H18F2N2O2. The van der Waals surface area contributed by atoms with Crippen LogP contribution in [0.2, 0.25) is 0 Å². The molecule has 0 bridgehead atoms. The molecule has 0 spiro atoms. The largest absolute Gasteiger partial charge is 0.329 e. The number of hydrogen-bond acceptors (Lipinski definition) is 2. The van der Waals surface area contributed by atoms with E-state index < -0.39 is 17.5 Å². The van der Waals surface area contributed by atoms with Crippen LogP contribution in [-0.2, 0) is 16.1 Å². The third-order valence-electron chi connectivity index (χ3n) is 3.44. The van der Waals surface area contributed by atoms with E-state index in [4.69, 9.17) is 0 Å². The first-order valence-electron chi connectivity index (χ1n) is 7.41. The van der Waals surface area contributed by atoms with E-state index in [1.165, 1.54) is 11.8 Å². The van der Waals surface area contributed by atoms with Gasteiger partial charge >= 0.3 is 0 Å². The molecule has 0 aromatic heterocycles. The van der Waals surface area contributed by atoms with Gasteiger partial charge in [-0.05, 0) is 24.6 Å². The van der Waals surface area contributed by atoms with Gasteiger partial charge in [-0.1, -0.05) is 29.8 Å². The smallest absolute Gasteiger partial charge is 0.244 e. The summed E-state index contributed by atoms with van der Waals surface area (Å²) in [6, 6.07) is 10.5. The van der Waals surface area contributed by atoms with Crippen molar-refractivity contribution in [3.63, 3.8) is 0 Å². The fourth-order valence-corrected chi connectivity index (χ4v) is 2.26. The molecule has 0 aliphatic heterocycles. The van der Waals surface area contributed by atoms with Crippen molar-refractivity contribution in [2.45, 2.75) is 20.4 Å². The Morgan fingerprint density at radius 2 is 1.88 bits per heavy atom. The third kappa shape index (κ3) is 4.87. The lowest BCUT2D eigenvalue weighted by Gasteiger charge is -2.21. The van der Waals surface area contributed by atoms with Gasteiger partial charge in [0.05, 0.1) is 5.69 Å². The molecule has 0 radical (unpaired) electrons. The van der Waals surface area contributed by atoms with E-state index in [-0.39, 0.29) is 24.7 Å². The van der Waals surface area contributed by atoms with Gasteiger partial charge in [-0.3, -0.25) is 9.59 Å². The minimum absolute atomic E-state index is 0.125. The average Bonchev–Trinajstić information content (AvgIpc) is 2.49. The van der Waals surface area contributed by atoms with Gasteiger partial charge in [0.25, 0.3) is 0 Å². The van der Waals surface area contributed by atoms with Crippen molar-refractivity contribution in [3.8, 4) is 0 Å². The highest BCUT2D eigenvalue weighted by Crippen LogP contribution is 2.15. The van der Waals surface area contributed by atoms with Gasteiger partial charge < -0.3 is 10.2 Å². The van der Waals surface area contributed by atoms with Gasteiger partial charge in [0.2, 0.25) is 11.8 Å². The lowest BCUT2D eigenvalue weighted by atomic mass is 10.1. The summed E-state index contributed by atoms with van der Waals surface area (Å²) in [7, 11) is 0. The van der Waals surface area contributed by atoms with Crippen LogP contribution in [0, 0.1) is 18.6 Å². The Morgan fingerprint density at radius 1 is 1.12 bits per heavy atom. The topological polar surface area (TPSA) is 49.4 Å². The number of carbonyl (C=O) groups excluding carboxylic acids is 2. The van der Waals surface area contributed by atoms with Gasteiger partial charge in [0.1, 0.15) is 18.2 Å². The Labute approximate surface area is 139 Å². The number of amides is 2. The Kier molecular flexibility index (Phi) is 5.63. The lowest BCUT2D eigenvalue weighted by Crippen LogP contribution is -2.36. The van der Waals surface area contributed by atoms with Crippen molar-refractivity contribution in [2.24, 2.45) is 0 Å². The fraction of sp³-hybridized carbons (Fsp3) is 0.222. The van der Waals surface area contributed by atoms with E-state index in [1.54, 1.807) is 0 Å². The van der Waals surface area contributed by atoms with Gasteiger partial charge in [0, 0.05) is 19.5 Å². The molecule has 24 heavy (non-hydrogen) atoms. The van der Waals surface area contributed by atoms with Crippen molar-refractivity contribution in [1.82, 2.24) is 4.90 Å². The van der Waals surface area contributed by atoms with Crippen LogP contribution in [0.3, 0.4) is 0 Å². The van der Waals surface area contributed by atoms with Crippen LogP contribution in [0.25, 0.3) is 0 Å². The molecule has 0 saturated carbocycles. The summed E-state index contributed by atoms with van der Waals surface area (Å²) in [5.74, 6) is -2.42. The van der Waals surface area contributed by atoms with E-state index >= 15 is 0 Å². The summed E-state index contributed by atoms with van der Waals surface area (Å²) in [4.78, 5) is 25.2. The molecule has 0 atom stereocenters. The number of hydrogen-bond donors (Lipinski definition) is 1. The minimum atomic E-state index is -0.864. The molecule has 2 aromatic carbocycles. The highest BCUT2D eigenvalue weighted by Gasteiger charge is 2.15. The molecule has 0 fully saturated rings. The summed E-state index contributed by atoms with van der Waals surface area (Å²) in [5, 5.41) is 2.35. The first-order chi connectivity index (χ1) is 11.3. The zero-order chi connectivity index (χ0) is 17.7. The number of carbonyl (C=O) groups is 2. The van der Waals surface area contributed by atoms with Gasteiger partial charge in [-0.25, -0.2) is 8.78 Å². The molecule has 0 aliphatic rings. The highest BCUT2D eigenvalue weighted by atomic mass is 19.1. The Balaban J connectivity index is 2.04. The van der Waals surface area contributed by atoms with Gasteiger partial charge in [-0.2, -0.15) is 0 Å². The van der Waals surface area contributed by atoms with E-state index in [0.29, 0.717) is 6.07 Å². The third-order valence-corrected chi connectivity index (χ3v) is 3.44. The number of nitrogens with zero attached hydrogens (tertiary/aromatic N) is 1. The number of benzene rings is 2. The van der Waals surface area contributed by atoms with Crippen molar-refractivity contribution >= 4 is 17.5 Å². The van der Waals surface area contributed by atoms with E-state index in [2.05, 4.69) is 5.32 Å².